The fraction of sp³-hybridized carbons (Fsp3) is 0.500. The molecule has 0 aliphatic rings. The Morgan fingerprint density at radius 2 is 2.12 bits per heavy atom. The highest BCUT2D eigenvalue weighted by molar-refractivity contribution is 5.33. The lowest BCUT2D eigenvalue weighted by Crippen LogP contribution is -2.02. The van der Waals surface area contributed by atoms with E-state index in [1.165, 1.54) is 0 Å². The zero-order valence-corrected chi connectivity index (χ0v) is 10.7. The summed E-state index contributed by atoms with van der Waals surface area (Å²) in [7, 11) is 1.88. The molecule has 0 fully saturated rings. The van der Waals surface area contributed by atoms with Crippen LogP contribution in [0.5, 0.6) is 0 Å². The van der Waals surface area contributed by atoms with Gasteiger partial charge in [0.25, 0.3) is 0 Å². The molecule has 0 bridgehead atoms. The monoisotopic (exact) mass is 234 g/mol. The Hall–Kier alpha value is -1.62. The summed E-state index contributed by atoms with van der Waals surface area (Å²) in [5.41, 5.74) is 3.54. The van der Waals surface area contributed by atoms with E-state index in [9.17, 15) is 5.11 Å². The number of aliphatic hydroxyl groups excluding tert-OH is 1. The van der Waals surface area contributed by atoms with Crippen LogP contribution >= 0.6 is 0 Å². The Morgan fingerprint density at radius 3 is 2.59 bits per heavy atom. The zero-order chi connectivity index (χ0) is 12.6. The van der Waals surface area contributed by atoms with Crippen LogP contribution in [0.15, 0.2) is 12.4 Å². The summed E-state index contributed by atoms with van der Waals surface area (Å²) < 4.78 is 3.59. The van der Waals surface area contributed by atoms with Gasteiger partial charge >= 0.3 is 0 Å². The van der Waals surface area contributed by atoms with Crippen LogP contribution in [0.4, 0.5) is 0 Å². The summed E-state index contributed by atoms with van der Waals surface area (Å²) in [6.07, 6.45) is 2.93. The van der Waals surface area contributed by atoms with Crippen LogP contribution in [0.25, 0.3) is 0 Å². The third-order valence-corrected chi connectivity index (χ3v) is 3.13. The van der Waals surface area contributed by atoms with E-state index in [4.69, 9.17) is 0 Å². The van der Waals surface area contributed by atoms with Crippen molar-refractivity contribution < 1.29 is 5.11 Å². The summed E-state index contributed by atoms with van der Waals surface area (Å²) in [5, 5.41) is 18.9. The first-order chi connectivity index (χ1) is 8.04. The Morgan fingerprint density at radius 1 is 1.41 bits per heavy atom. The van der Waals surface area contributed by atoms with Gasteiger partial charge in [0.2, 0.25) is 0 Å². The Kier molecular flexibility index (Phi) is 3.02. The smallest absolute Gasteiger partial charge is 0.111 e. The van der Waals surface area contributed by atoms with E-state index in [0.717, 1.165) is 29.1 Å². The van der Waals surface area contributed by atoms with Crippen LogP contribution in [0, 0.1) is 13.8 Å². The van der Waals surface area contributed by atoms with Crippen LogP contribution in [0.1, 0.15) is 35.5 Å². The zero-order valence-electron chi connectivity index (χ0n) is 10.7. The summed E-state index contributed by atoms with van der Waals surface area (Å²) in [6.45, 7) is 6.69. The summed E-state index contributed by atoms with van der Waals surface area (Å²) in [4.78, 5) is 0. The molecule has 0 aromatic carbocycles. The van der Waals surface area contributed by atoms with E-state index in [2.05, 4.69) is 10.2 Å². The van der Waals surface area contributed by atoms with Gasteiger partial charge in [-0.25, -0.2) is 0 Å². The van der Waals surface area contributed by atoms with E-state index < -0.39 is 6.10 Å². The van der Waals surface area contributed by atoms with Crippen molar-refractivity contribution >= 4 is 0 Å². The van der Waals surface area contributed by atoms with Crippen molar-refractivity contribution in [3.05, 3.63) is 34.9 Å². The Bertz CT molecular complexity index is 527. The fourth-order valence-electron chi connectivity index (χ4n) is 2.05. The standard InChI is InChI=1S/C12H18N4O/c1-5-16-7-10(6-13-16)12(17)11-8(2)14-15(4)9(11)3/h6-7,12,17H,5H2,1-4H3. The third kappa shape index (κ3) is 1.98. The van der Waals surface area contributed by atoms with Crippen LogP contribution in [-0.4, -0.2) is 24.7 Å². The van der Waals surface area contributed by atoms with Crippen molar-refractivity contribution in [2.75, 3.05) is 0 Å². The van der Waals surface area contributed by atoms with Crippen molar-refractivity contribution in [1.29, 1.82) is 0 Å². The molecule has 0 saturated carbocycles. The molecule has 5 heteroatoms. The van der Waals surface area contributed by atoms with Gasteiger partial charge in [-0.2, -0.15) is 10.2 Å². The maximum absolute atomic E-state index is 10.4. The molecule has 1 atom stereocenters. The van der Waals surface area contributed by atoms with Gasteiger partial charge in [0, 0.05) is 36.6 Å². The van der Waals surface area contributed by atoms with Crippen LogP contribution in [0.2, 0.25) is 0 Å². The first-order valence-corrected chi connectivity index (χ1v) is 5.75. The molecule has 2 aromatic heterocycles. The van der Waals surface area contributed by atoms with Crippen molar-refractivity contribution in [3.8, 4) is 0 Å². The highest BCUT2D eigenvalue weighted by Crippen LogP contribution is 2.26. The molecule has 17 heavy (non-hydrogen) atoms. The predicted octanol–water partition coefficient (Wildman–Crippen LogP) is 1.34. The summed E-state index contributed by atoms with van der Waals surface area (Å²) in [6, 6.07) is 0. The van der Waals surface area contributed by atoms with Crippen molar-refractivity contribution in [1.82, 2.24) is 19.6 Å². The van der Waals surface area contributed by atoms with Gasteiger partial charge in [0.15, 0.2) is 0 Å². The third-order valence-electron chi connectivity index (χ3n) is 3.13. The lowest BCUT2D eigenvalue weighted by atomic mass is 10.0. The van der Waals surface area contributed by atoms with Gasteiger partial charge in [-0.3, -0.25) is 9.36 Å². The Labute approximate surface area is 101 Å². The highest BCUT2D eigenvalue weighted by Gasteiger charge is 2.20. The van der Waals surface area contributed by atoms with Crippen LogP contribution in [0.3, 0.4) is 0 Å². The number of hydrogen-bond acceptors (Lipinski definition) is 3. The minimum Gasteiger partial charge on any atom is -0.383 e. The largest absolute Gasteiger partial charge is 0.383 e. The van der Waals surface area contributed by atoms with Gasteiger partial charge in [-0.15, -0.1) is 0 Å². The van der Waals surface area contributed by atoms with Crippen molar-refractivity contribution in [3.63, 3.8) is 0 Å². The second-order valence-electron chi connectivity index (χ2n) is 4.24. The lowest BCUT2D eigenvalue weighted by Gasteiger charge is -2.09. The minimum atomic E-state index is -0.649. The molecule has 2 aromatic rings. The molecule has 2 heterocycles. The molecule has 0 aliphatic heterocycles. The van der Waals surface area contributed by atoms with Crippen LogP contribution in [-0.2, 0) is 13.6 Å². The average Bonchev–Trinajstić information content (AvgIpc) is 2.85. The normalized spacial score (nSPS) is 13.0. The second kappa shape index (κ2) is 4.33. The number of aliphatic hydroxyl groups is 1. The molecule has 0 aliphatic carbocycles. The molecular formula is C12H18N4O. The highest BCUT2D eigenvalue weighted by atomic mass is 16.3. The van der Waals surface area contributed by atoms with Crippen LogP contribution < -0.4 is 0 Å². The van der Waals surface area contributed by atoms with E-state index in [1.807, 2.05) is 34.0 Å². The SMILES string of the molecule is CCn1cc(C(O)c2c(C)nn(C)c2C)cn1. The molecule has 1 N–H and O–H groups in total. The molecule has 0 radical (unpaired) electrons. The first-order valence-electron chi connectivity index (χ1n) is 5.75. The molecule has 92 valence electrons. The van der Waals surface area contributed by atoms with Gasteiger partial charge in [-0.1, -0.05) is 0 Å². The maximum atomic E-state index is 10.4. The van der Waals surface area contributed by atoms with E-state index in [-0.39, 0.29) is 0 Å². The molecule has 5 nitrogen and oxygen atoms in total. The minimum absolute atomic E-state index is 0.649. The number of aryl methyl sites for hydroxylation is 3. The first kappa shape index (κ1) is 11.9. The maximum Gasteiger partial charge on any atom is 0.111 e. The number of aromatic nitrogens is 4. The second-order valence-corrected chi connectivity index (χ2v) is 4.24. The lowest BCUT2D eigenvalue weighted by molar-refractivity contribution is 0.218. The molecule has 0 amide bonds. The fourth-order valence-corrected chi connectivity index (χ4v) is 2.05. The number of nitrogens with zero attached hydrogens (tertiary/aromatic N) is 4. The topological polar surface area (TPSA) is 55.9 Å². The van der Waals surface area contributed by atoms with Crippen molar-refractivity contribution in [2.45, 2.75) is 33.4 Å². The molecule has 0 saturated heterocycles. The summed E-state index contributed by atoms with van der Waals surface area (Å²) in [5.74, 6) is 0. The van der Waals surface area contributed by atoms with Crippen molar-refractivity contribution in [2.24, 2.45) is 7.05 Å². The number of rotatable bonds is 3. The molecular weight excluding hydrogens is 216 g/mol. The van der Waals surface area contributed by atoms with Gasteiger partial charge in [0.1, 0.15) is 6.10 Å². The molecule has 0 spiro atoms. The molecule has 2 rings (SSSR count). The van der Waals surface area contributed by atoms with Gasteiger partial charge < -0.3 is 5.11 Å². The summed E-state index contributed by atoms with van der Waals surface area (Å²) >= 11 is 0. The van der Waals surface area contributed by atoms with E-state index in [0.29, 0.717) is 0 Å². The van der Waals surface area contributed by atoms with E-state index in [1.54, 1.807) is 15.6 Å². The van der Waals surface area contributed by atoms with Gasteiger partial charge in [-0.05, 0) is 20.8 Å². The van der Waals surface area contributed by atoms with Gasteiger partial charge in [0.05, 0.1) is 11.9 Å². The quantitative estimate of drug-likeness (QED) is 0.871. The Balaban J connectivity index is 2.39. The van der Waals surface area contributed by atoms with E-state index >= 15 is 0 Å². The predicted molar refractivity (Wildman–Crippen MR) is 64.6 cm³/mol. The number of hydrogen-bond donors (Lipinski definition) is 1. The average molecular weight is 234 g/mol. The molecule has 1 unspecified atom stereocenters.